The zero-order chi connectivity index (χ0) is 12.7. The molecule has 0 aliphatic rings. The quantitative estimate of drug-likeness (QED) is 0.319. The van der Waals surface area contributed by atoms with Crippen LogP contribution in [0.5, 0.6) is 12.0 Å². The topological polar surface area (TPSA) is 95.2 Å². The van der Waals surface area contributed by atoms with Crippen LogP contribution in [0.3, 0.4) is 0 Å². The lowest BCUT2D eigenvalue weighted by atomic mass is 10.5. The van der Waals surface area contributed by atoms with Gasteiger partial charge in [0, 0.05) is 6.42 Å². The molecular formula is C10H15N5O2. The maximum Gasteiger partial charge on any atom is 0.324 e. The molecule has 0 spiro atoms. The number of aromatic nitrogens is 3. The Balaban J connectivity index is 2.78. The highest BCUT2D eigenvalue weighted by molar-refractivity contribution is 5.25. The van der Waals surface area contributed by atoms with Gasteiger partial charge >= 0.3 is 12.0 Å². The summed E-state index contributed by atoms with van der Waals surface area (Å²) in [7, 11) is 0. The summed E-state index contributed by atoms with van der Waals surface area (Å²) in [6.45, 7) is 4.04. The predicted molar refractivity (Wildman–Crippen MR) is 62.3 cm³/mol. The lowest BCUT2D eigenvalue weighted by Gasteiger charge is -2.10. The fraction of sp³-hybridized carbons (Fsp3) is 0.500. The van der Waals surface area contributed by atoms with Crippen LogP contribution >= 0.6 is 0 Å². The average Bonchev–Trinajstić information content (AvgIpc) is 2.28. The van der Waals surface area contributed by atoms with Gasteiger partial charge in [-0.2, -0.15) is 9.97 Å². The molecule has 0 amide bonds. The molecule has 0 fully saturated rings. The first kappa shape index (κ1) is 13.0. The summed E-state index contributed by atoms with van der Waals surface area (Å²) in [5.74, 6) is 7.85. The maximum atomic E-state index is 5.33. The highest BCUT2D eigenvalue weighted by Crippen LogP contribution is 2.13. The minimum Gasteiger partial charge on any atom is -0.462 e. The number of terminal acetylenes is 1. The van der Waals surface area contributed by atoms with Gasteiger partial charge in [0.15, 0.2) is 0 Å². The average molecular weight is 237 g/mol. The van der Waals surface area contributed by atoms with Crippen LogP contribution in [0, 0.1) is 12.3 Å². The lowest BCUT2D eigenvalue weighted by molar-refractivity contribution is 0.214. The molecule has 3 N–H and O–H groups in total. The van der Waals surface area contributed by atoms with E-state index in [4.69, 9.17) is 21.7 Å². The smallest absolute Gasteiger partial charge is 0.324 e. The van der Waals surface area contributed by atoms with Crippen molar-refractivity contribution in [3.05, 3.63) is 0 Å². The Labute approximate surface area is 99.7 Å². The molecule has 1 aromatic heterocycles. The molecule has 7 nitrogen and oxygen atoms in total. The molecule has 0 aliphatic carbocycles. The summed E-state index contributed by atoms with van der Waals surface area (Å²) in [6.07, 6.45) is 5.52. The molecule has 1 rings (SSSR count). The summed E-state index contributed by atoms with van der Waals surface area (Å²) >= 11 is 0. The van der Waals surface area contributed by atoms with Gasteiger partial charge in [-0.1, -0.05) is 0 Å². The van der Waals surface area contributed by atoms with Crippen LogP contribution < -0.4 is 20.7 Å². The fourth-order valence-corrected chi connectivity index (χ4v) is 0.932. The van der Waals surface area contributed by atoms with E-state index < -0.39 is 0 Å². The van der Waals surface area contributed by atoms with Crippen molar-refractivity contribution in [3.63, 3.8) is 0 Å². The Kier molecular flexibility index (Phi) is 4.97. The third-order valence-corrected chi connectivity index (χ3v) is 1.54. The number of hydrogen-bond acceptors (Lipinski definition) is 7. The fourth-order valence-electron chi connectivity index (χ4n) is 0.932. The Morgan fingerprint density at radius 3 is 2.65 bits per heavy atom. The van der Waals surface area contributed by atoms with E-state index in [0.29, 0.717) is 13.0 Å². The maximum absolute atomic E-state index is 5.33. The molecule has 0 saturated heterocycles. The van der Waals surface area contributed by atoms with Crippen molar-refractivity contribution in [1.82, 2.24) is 15.0 Å². The minimum absolute atomic E-state index is 0.0541. The van der Waals surface area contributed by atoms with Gasteiger partial charge < -0.3 is 9.47 Å². The van der Waals surface area contributed by atoms with Gasteiger partial charge in [0.25, 0.3) is 0 Å². The van der Waals surface area contributed by atoms with E-state index in [9.17, 15) is 0 Å². The normalized spacial score (nSPS) is 9.82. The van der Waals surface area contributed by atoms with Gasteiger partial charge in [-0.15, -0.1) is 17.3 Å². The van der Waals surface area contributed by atoms with Crippen LogP contribution in [0.1, 0.15) is 20.3 Å². The molecule has 0 bridgehead atoms. The number of nitrogen functional groups attached to an aromatic ring is 1. The van der Waals surface area contributed by atoms with Gasteiger partial charge in [0.1, 0.15) is 6.61 Å². The number of ether oxygens (including phenoxy) is 2. The lowest BCUT2D eigenvalue weighted by Crippen LogP contribution is -2.15. The summed E-state index contributed by atoms with van der Waals surface area (Å²) in [5.41, 5.74) is 2.31. The Morgan fingerprint density at radius 2 is 2.06 bits per heavy atom. The molecule has 92 valence electrons. The van der Waals surface area contributed by atoms with E-state index in [0.717, 1.165) is 0 Å². The van der Waals surface area contributed by atoms with E-state index in [1.807, 2.05) is 13.8 Å². The van der Waals surface area contributed by atoms with Crippen molar-refractivity contribution in [3.8, 4) is 24.4 Å². The zero-order valence-corrected chi connectivity index (χ0v) is 9.80. The van der Waals surface area contributed by atoms with E-state index in [-0.39, 0.29) is 24.1 Å². The molecule has 7 heteroatoms. The van der Waals surface area contributed by atoms with Crippen LogP contribution in [-0.2, 0) is 0 Å². The van der Waals surface area contributed by atoms with Gasteiger partial charge in [-0.05, 0) is 13.8 Å². The summed E-state index contributed by atoms with van der Waals surface area (Å²) in [5, 5.41) is 0. The van der Waals surface area contributed by atoms with Gasteiger partial charge in [0.05, 0.1) is 6.10 Å². The molecule has 0 saturated carbocycles. The molecule has 1 aromatic rings. The zero-order valence-electron chi connectivity index (χ0n) is 9.80. The monoisotopic (exact) mass is 237 g/mol. The molecule has 17 heavy (non-hydrogen) atoms. The Bertz CT molecular complexity index is 402. The second-order valence-electron chi connectivity index (χ2n) is 3.34. The first-order valence-corrected chi connectivity index (χ1v) is 5.11. The number of nitrogens with zero attached hydrogens (tertiary/aromatic N) is 3. The number of hydrazine groups is 1. The second-order valence-corrected chi connectivity index (χ2v) is 3.34. The molecule has 0 aliphatic heterocycles. The van der Waals surface area contributed by atoms with Gasteiger partial charge in [-0.3, -0.25) is 5.43 Å². The van der Waals surface area contributed by atoms with Crippen molar-refractivity contribution in [2.45, 2.75) is 26.4 Å². The third-order valence-electron chi connectivity index (χ3n) is 1.54. The standard InChI is InChI=1S/C10H15N5O2/c1-4-5-6-16-9-12-8(15-11)13-10(14-9)17-7(2)3/h1,7H,5-6,11H2,2-3H3,(H,12,13,14,15). The van der Waals surface area contributed by atoms with Crippen molar-refractivity contribution in [2.75, 3.05) is 12.0 Å². The first-order valence-electron chi connectivity index (χ1n) is 5.11. The number of anilines is 1. The molecule has 0 unspecified atom stereocenters. The van der Waals surface area contributed by atoms with Gasteiger partial charge in [0.2, 0.25) is 5.95 Å². The third kappa shape index (κ3) is 4.53. The largest absolute Gasteiger partial charge is 0.462 e. The predicted octanol–water partition coefficient (Wildman–Crippen LogP) is 0.346. The van der Waals surface area contributed by atoms with Crippen LogP contribution in [-0.4, -0.2) is 27.7 Å². The van der Waals surface area contributed by atoms with Crippen molar-refractivity contribution >= 4 is 5.95 Å². The van der Waals surface area contributed by atoms with E-state index in [2.05, 4.69) is 26.3 Å². The molecule has 0 radical (unpaired) electrons. The van der Waals surface area contributed by atoms with Gasteiger partial charge in [-0.25, -0.2) is 5.84 Å². The van der Waals surface area contributed by atoms with Crippen LogP contribution in [0.4, 0.5) is 5.95 Å². The van der Waals surface area contributed by atoms with Crippen molar-refractivity contribution in [1.29, 1.82) is 0 Å². The molecule has 1 heterocycles. The number of nitrogens with one attached hydrogen (secondary N) is 1. The Hall–Kier alpha value is -2.07. The highest BCUT2D eigenvalue weighted by Gasteiger charge is 2.09. The second kappa shape index (κ2) is 6.50. The Morgan fingerprint density at radius 1 is 1.35 bits per heavy atom. The summed E-state index contributed by atoms with van der Waals surface area (Å²) in [4.78, 5) is 11.8. The van der Waals surface area contributed by atoms with Crippen molar-refractivity contribution in [2.24, 2.45) is 5.84 Å². The molecule has 0 aromatic carbocycles. The van der Waals surface area contributed by atoms with Crippen LogP contribution in [0.15, 0.2) is 0 Å². The van der Waals surface area contributed by atoms with E-state index >= 15 is 0 Å². The number of rotatable bonds is 6. The summed E-state index contributed by atoms with van der Waals surface area (Å²) in [6, 6.07) is 0.275. The summed E-state index contributed by atoms with van der Waals surface area (Å²) < 4.78 is 10.6. The number of hydrogen-bond donors (Lipinski definition) is 2. The molecule has 0 atom stereocenters. The van der Waals surface area contributed by atoms with Crippen LogP contribution in [0.2, 0.25) is 0 Å². The highest BCUT2D eigenvalue weighted by atomic mass is 16.5. The minimum atomic E-state index is -0.0541. The SMILES string of the molecule is C#CCCOc1nc(NN)nc(OC(C)C)n1. The molecular weight excluding hydrogens is 222 g/mol. The van der Waals surface area contributed by atoms with Crippen LogP contribution in [0.25, 0.3) is 0 Å². The first-order chi connectivity index (χ1) is 8.15. The van der Waals surface area contributed by atoms with E-state index in [1.165, 1.54) is 0 Å². The number of nitrogens with two attached hydrogens (primary N) is 1. The van der Waals surface area contributed by atoms with Crippen molar-refractivity contribution < 1.29 is 9.47 Å². The van der Waals surface area contributed by atoms with E-state index in [1.54, 1.807) is 0 Å².